The van der Waals surface area contributed by atoms with E-state index in [1.54, 1.807) is 0 Å². The second-order valence-corrected chi connectivity index (χ2v) is 3.28. The predicted octanol–water partition coefficient (Wildman–Crippen LogP) is -3.04. The summed E-state index contributed by atoms with van der Waals surface area (Å²) in [6.45, 7) is 0. The minimum absolute atomic E-state index is 2.62. The molecule has 0 amide bonds. The Morgan fingerprint density at radius 2 is 0.778 bits per heavy atom. The summed E-state index contributed by atoms with van der Waals surface area (Å²) >= 11 is -5.00. The Labute approximate surface area is 56.7 Å². The molecule has 0 saturated heterocycles. The van der Waals surface area contributed by atoms with Gasteiger partial charge in [-0.05, 0) is 0 Å². The van der Waals surface area contributed by atoms with Crippen LogP contribution >= 0.6 is 8.60 Å². The van der Waals surface area contributed by atoms with Crippen molar-refractivity contribution in [1.29, 1.82) is 0 Å². The Morgan fingerprint density at radius 3 is 0.778 bits per heavy atom. The van der Waals surface area contributed by atoms with Gasteiger partial charge in [0, 0.05) is 0 Å². The predicted molar refractivity (Wildman–Crippen MR) is 22.5 cm³/mol. The van der Waals surface area contributed by atoms with Crippen molar-refractivity contribution < 1.29 is 47.6 Å². The van der Waals surface area contributed by atoms with Crippen molar-refractivity contribution >= 4 is 8.60 Å². The fourth-order valence-electron chi connectivity index (χ4n) is 0. The molecule has 0 spiro atoms. The second kappa shape index (κ2) is 5.63. The fourth-order valence-corrected chi connectivity index (χ4v) is 0. The first-order valence-electron chi connectivity index (χ1n) is 1.49. The first-order valence-corrected chi connectivity index (χ1v) is 5.49. The van der Waals surface area contributed by atoms with E-state index in [1.807, 2.05) is 0 Å². The topological polar surface area (TPSA) is 142 Å². The van der Waals surface area contributed by atoms with Crippen molar-refractivity contribution in [1.82, 2.24) is 0 Å². The van der Waals surface area contributed by atoms with Crippen LogP contribution in [0.25, 0.3) is 0 Å². The molecule has 0 aliphatic rings. The molecule has 0 heterocycles. The van der Waals surface area contributed by atoms with E-state index >= 15 is 0 Å². The first-order chi connectivity index (χ1) is 3.73. The van der Waals surface area contributed by atoms with E-state index in [2.05, 4.69) is 0 Å². The van der Waals surface area contributed by atoms with Crippen LogP contribution in [0.5, 0.6) is 0 Å². The summed E-state index contributed by atoms with van der Waals surface area (Å²) in [4.78, 5) is 21.7. The van der Waals surface area contributed by atoms with Crippen LogP contribution in [0.15, 0.2) is 0 Å². The summed E-state index contributed by atoms with van der Waals surface area (Å²) in [7, 11) is -2.62. The molecule has 0 bridgehead atoms. The van der Waals surface area contributed by atoms with Gasteiger partial charge in [-0.2, -0.15) is 0 Å². The van der Waals surface area contributed by atoms with Crippen LogP contribution in [0.1, 0.15) is 0 Å². The molecule has 0 fully saturated rings. The number of hydrogen-bond acceptors (Lipinski definition) is 7. The zero-order valence-corrected chi connectivity index (χ0v) is 6.53. The first kappa shape index (κ1) is 12.5. The molecule has 0 saturated carbocycles. The molecule has 9 heteroatoms. The van der Waals surface area contributed by atoms with E-state index < -0.39 is 26.7 Å². The van der Waals surface area contributed by atoms with Crippen LogP contribution in [-0.4, -0.2) is 29.4 Å². The number of rotatable bonds is 0. The van der Waals surface area contributed by atoms with Gasteiger partial charge in [-0.1, -0.05) is 0 Å². The van der Waals surface area contributed by atoms with Crippen molar-refractivity contribution in [2.24, 2.45) is 0 Å². The van der Waals surface area contributed by atoms with E-state index in [0.29, 0.717) is 0 Å². The van der Waals surface area contributed by atoms with Crippen LogP contribution < -0.4 is 0 Å². The van der Waals surface area contributed by atoms with E-state index in [0.717, 1.165) is 0 Å². The summed E-state index contributed by atoms with van der Waals surface area (Å²) in [5.74, 6) is 0. The van der Waals surface area contributed by atoms with Gasteiger partial charge in [-0.15, -0.1) is 0 Å². The van der Waals surface area contributed by atoms with Crippen LogP contribution in [-0.2, 0) is 18.1 Å². The Morgan fingerprint density at radius 1 is 0.778 bits per heavy atom. The normalized spacial score (nSPS) is 10.7. The molecule has 0 aromatic rings. The Hall–Kier alpha value is 0.864. The molecule has 0 radical (unpaired) electrons. The van der Waals surface area contributed by atoms with Gasteiger partial charge in [0.1, 0.15) is 0 Å². The van der Waals surface area contributed by atoms with Crippen LogP contribution in [0.3, 0.4) is 0 Å². The molecule has 0 aromatic heterocycles. The Kier molecular flexibility index (Phi) is 7.85. The van der Waals surface area contributed by atoms with Gasteiger partial charge < -0.3 is 14.7 Å². The van der Waals surface area contributed by atoms with Crippen LogP contribution in [0.2, 0.25) is 0 Å². The molecular weight excluding hydrogens is 191 g/mol. The van der Waals surface area contributed by atoms with Gasteiger partial charge in [0.15, 0.2) is 0 Å². The Bertz CT molecular complexity index is 45.7. The zero-order chi connectivity index (χ0) is 8.08. The summed E-state index contributed by atoms with van der Waals surface area (Å²) in [6, 6.07) is 0. The van der Waals surface area contributed by atoms with Gasteiger partial charge in [0.2, 0.25) is 0 Å². The molecule has 0 rings (SSSR count). The molecule has 0 aliphatic carbocycles. The van der Waals surface area contributed by atoms with Crippen molar-refractivity contribution in [3.63, 3.8) is 0 Å². The van der Waals surface area contributed by atoms with Gasteiger partial charge in [-0.3, -0.25) is 0 Å². The van der Waals surface area contributed by atoms with Gasteiger partial charge >= 0.3 is 41.5 Å². The average Bonchev–Trinajstić information content (AvgIpc) is 1.19. The third-order valence-corrected chi connectivity index (χ3v) is 0. The molecular formula is H7O7PTi. The van der Waals surface area contributed by atoms with Crippen LogP contribution in [0, 0.1) is 0 Å². The van der Waals surface area contributed by atoms with E-state index in [9.17, 15) is 0 Å². The van der Waals surface area contributed by atoms with Gasteiger partial charge in [0.05, 0.1) is 0 Å². The molecule has 0 aliphatic heterocycles. The average molecular weight is 198 g/mol. The maximum absolute atomic E-state index is 7.38. The minimum atomic E-state index is -5.00. The van der Waals surface area contributed by atoms with Gasteiger partial charge in [0.25, 0.3) is 0 Å². The van der Waals surface area contributed by atoms with Crippen LogP contribution in [0.4, 0.5) is 0 Å². The summed E-state index contributed by atoms with van der Waals surface area (Å²) < 4.78 is 29.5. The molecule has 58 valence electrons. The molecule has 9 heavy (non-hydrogen) atoms. The molecule has 0 aromatic carbocycles. The summed E-state index contributed by atoms with van der Waals surface area (Å²) in [5, 5.41) is 0. The van der Waals surface area contributed by atoms with Crippen molar-refractivity contribution in [2.75, 3.05) is 0 Å². The third kappa shape index (κ3) is 559. The Balaban J connectivity index is 0. The second-order valence-electron chi connectivity index (χ2n) is 0.868. The van der Waals surface area contributed by atoms with Gasteiger partial charge in [-0.25, -0.2) is 0 Å². The van der Waals surface area contributed by atoms with E-state index in [4.69, 9.17) is 29.4 Å². The molecule has 0 unspecified atom stereocenters. The summed E-state index contributed by atoms with van der Waals surface area (Å²) in [5.41, 5.74) is 0. The van der Waals surface area contributed by atoms with E-state index in [1.165, 1.54) is 0 Å². The maximum atomic E-state index is 7.38. The van der Waals surface area contributed by atoms with Crippen molar-refractivity contribution in [2.45, 2.75) is 0 Å². The fraction of sp³-hybridized carbons (Fsp3) is 0. The SMILES string of the molecule is OP(O)O.[OH][Ti]([OH])([OH])[OH]. The molecule has 7 nitrogen and oxygen atoms in total. The number of hydrogen-bond donors (Lipinski definition) is 7. The molecule has 0 atom stereocenters. The summed E-state index contributed by atoms with van der Waals surface area (Å²) in [6.07, 6.45) is 0. The van der Waals surface area contributed by atoms with Crippen molar-refractivity contribution in [3.8, 4) is 0 Å². The molecule has 7 N–H and O–H groups in total. The third-order valence-electron chi connectivity index (χ3n) is 0. The van der Waals surface area contributed by atoms with Crippen molar-refractivity contribution in [3.05, 3.63) is 0 Å². The zero-order valence-electron chi connectivity index (χ0n) is 4.08. The quantitative estimate of drug-likeness (QED) is 0.162. The van der Waals surface area contributed by atoms with E-state index in [-0.39, 0.29) is 0 Å². The standard InChI is InChI=1S/H3O3P.4H2O.Ti/c1-4(2)3;;;;;/h1-3H;4*1H2;/q;;;;;+4/p-4. The monoisotopic (exact) mass is 198 g/mol.